The Morgan fingerprint density at radius 1 is 0.895 bits per heavy atom. The number of halogens is 2. The van der Waals surface area contributed by atoms with Gasteiger partial charge in [-0.3, -0.25) is 0 Å². The summed E-state index contributed by atoms with van der Waals surface area (Å²) >= 11 is 11.5. The van der Waals surface area contributed by atoms with Crippen LogP contribution in [-0.4, -0.2) is 11.1 Å². The van der Waals surface area contributed by atoms with Crippen molar-refractivity contribution in [2.45, 2.75) is 10.8 Å². The van der Waals surface area contributed by atoms with Gasteiger partial charge in [0.25, 0.3) is 0 Å². The first-order valence-electron chi connectivity index (χ1n) is 5.77. The molecule has 98 valence electrons. The third-order valence-electron chi connectivity index (χ3n) is 2.66. The molecule has 2 rings (SSSR count). The maximum atomic E-state index is 10.9. The smallest absolute Gasteiger partial charge is 0.130 e. The minimum atomic E-state index is -0.751. The second-order valence-electron chi connectivity index (χ2n) is 3.98. The highest BCUT2D eigenvalue weighted by atomic mass is 35.5. The number of carbonyl (C=O) groups excluding carboxylic acids is 1. The second-order valence-corrected chi connectivity index (χ2v) is 5.14. The summed E-state index contributed by atoms with van der Waals surface area (Å²) in [4.78, 5) is 10.2. The predicted octanol–water partition coefficient (Wildman–Crippen LogP) is 4.57. The molecule has 4 heteroatoms. The van der Waals surface area contributed by atoms with E-state index < -0.39 is 10.8 Å². The maximum absolute atomic E-state index is 10.9. The van der Waals surface area contributed by atoms with Crippen molar-refractivity contribution >= 4 is 29.5 Å². The first kappa shape index (κ1) is 13.9. The molecule has 2 aromatic rings. The summed E-state index contributed by atoms with van der Waals surface area (Å²) in [6.45, 7) is 0. The van der Waals surface area contributed by atoms with Crippen LogP contribution in [0, 0.1) is 0 Å². The molecule has 0 bridgehead atoms. The lowest BCUT2D eigenvalue weighted by Crippen LogP contribution is -2.08. The fourth-order valence-corrected chi connectivity index (χ4v) is 2.08. The van der Waals surface area contributed by atoms with Crippen LogP contribution in [0.25, 0.3) is 0 Å². The summed E-state index contributed by atoms with van der Waals surface area (Å²) in [5.74, 6) is 0.934. The topological polar surface area (TPSA) is 26.3 Å². The number of ether oxygens (including phenoxy) is 1. The van der Waals surface area contributed by atoms with Gasteiger partial charge in [0, 0.05) is 0 Å². The van der Waals surface area contributed by atoms with Crippen LogP contribution in [0.1, 0.15) is 11.5 Å². The van der Waals surface area contributed by atoms with Crippen molar-refractivity contribution in [2.24, 2.45) is 0 Å². The zero-order valence-electron chi connectivity index (χ0n) is 10.0. The molecule has 0 aliphatic heterocycles. The summed E-state index contributed by atoms with van der Waals surface area (Å²) in [5.41, 5.74) is 0.769. The van der Waals surface area contributed by atoms with Gasteiger partial charge < -0.3 is 9.53 Å². The number of rotatable bonds is 5. The molecule has 2 nitrogen and oxygen atoms in total. The average Bonchev–Trinajstić information content (AvgIpc) is 2.42. The molecule has 0 spiro atoms. The SMILES string of the molecule is O=CC(c1ccc(Oc2ccccc2)cc1)C(Cl)Cl. The van der Waals surface area contributed by atoms with E-state index in [1.807, 2.05) is 30.3 Å². The lowest BCUT2D eigenvalue weighted by Gasteiger charge is -2.12. The molecule has 0 heterocycles. The Morgan fingerprint density at radius 2 is 1.47 bits per heavy atom. The Bertz CT molecular complexity index is 524. The van der Waals surface area contributed by atoms with Crippen molar-refractivity contribution in [3.05, 3.63) is 60.2 Å². The van der Waals surface area contributed by atoms with E-state index in [-0.39, 0.29) is 0 Å². The molecule has 0 aliphatic carbocycles. The minimum Gasteiger partial charge on any atom is -0.457 e. The van der Waals surface area contributed by atoms with E-state index >= 15 is 0 Å². The Balaban J connectivity index is 2.12. The maximum Gasteiger partial charge on any atom is 0.130 e. The monoisotopic (exact) mass is 294 g/mol. The molecule has 2 aromatic carbocycles. The lowest BCUT2D eigenvalue weighted by molar-refractivity contribution is -0.108. The third kappa shape index (κ3) is 3.72. The van der Waals surface area contributed by atoms with Crippen LogP contribution in [0.2, 0.25) is 0 Å². The van der Waals surface area contributed by atoms with Gasteiger partial charge >= 0.3 is 0 Å². The number of alkyl halides is 2. The number of carbonyl (C=O) groups is 1. The zero-order valence-corrected chi connectivity index (χ0v) is 11.5. The number of aldehydes is 1. The van der Waals surface area contributed by atoms with E-state index in [1.54, 1.807) is 24.3 Å². The highest BCUT2D eigenvalue weighted by Gasteiger charge is 2.18. The van der Waals surface area contributed by atoms with Crippen molar-refractivity contribution < 1.29 is 9.53 Å². The van der Waals surface area contributed by atoms with Crippen molar-refractivity contribution in [1.82, 2.24) is 0 Å². The Labute approximate surface area is 121 Å². The molecular weight excluding hydrogens is 283 g/mol. The van der Waals surface area contributed by atoms with Crippen LogP contribution in [0.4, 0.5) is 0 Å². The Kier molecular flexibility index (Phi) is 4.83. The summed E-state index contributed by atoms with van der Waals surface area (Å²) in [6, 6.07) is 16.6. The summed E-state index contributed by atoms with van der Waals surface area (Å²) < 4.78 is 5.65. The van der Waals surface area contributed by atoms with Crippen LogP contribution < -0.4 is 4.74 Å². The van der Waals surface area contributed by atoms with Gasteiger partial charge in [-0.2, -0.15) is 0 Å². The number of benzene rings is 2. The van der Waals surface area contributed by atoms with Gasteiger partial charge in [0.15, 0.2) is 0 Å². The second kappa shape index (κ2) is 6.60. The summed E-state index contributed by atoms with van der Waals surface area (Å²) in [7, 11) is 0. The van der Waals surface area contributed by atoms with Gasteiger partial charge in [-0.25, -0.2) is 0 Å². The normalized spacial score (nSPS) is 12.2. The van der Waals surface area contributed by atoms with Gasteiger partial charge in [-0.15, -0.1) is 23.2 Å². The highest BCUT2D eigenvalue weighted by Crippen LogP contribution is 2.27. The fraction of sp³-hybridized carbons (Fsp3) is 0.133. The van der Waals surface area contributed by atoms with Gasteiger partial charge in [0.05, 0.1) is 5.92 Å². The molecular formula is C15H12Cl2O2. The van der Waals surface area contributed by atoms with Crippen LogP contribution in [0.15, 0.2) is 54.6 Å². The van der Waals surface area contributed by atoms with Crippen LogP contribution in [0.5, 0.6) is 11.5 Å². The first-order chi connectivity index (χ1) is 9.20. The Hall–Kier alpha value is -1.51. The fourth-order valence-electron chi connectivity index (χ4n) is 1.67. The van der Waals surface area contributed by atoms with Crippen molar-refractivity contribution in [1.29, 1.82) is 0 Å². The summed E-state index contributed by atoms with van der Waals surface area (Å²) in [6.07, 6.45) is 0.748. The van der Waals surface area contributed by atoms with Gasteiger partial charge in [0.2, 0.25) is 0 Å². The van der Waals surface area contributed by atoms with Gasteiger partial charge in [-0.1, -0.05) is 30.3 Å². The van der Waals surface area contributed by atoms with Crippen molar-refractivity contribution in [3.8, 4) is 11.5 Å². The van der Waals surface area contributed by atoms with E-state index in [2.05, 4.69) is 0 Å². The van der Waals surface area contributed by atoms with E-state index in [1.165, 1.54) is 0 Å². The molecule has 0 N–H and O–H groups in total. The third-order valence-corrected chi connectivity index (χ3v) is 3.20. The highest BCUT2D eigenvalue weighted by molar-refractivity contribution is 6.45. The van der Waals surface area contributed by atoms with E-state index in [4.69, 9.17) is 27.9 Å². The molecule has 0 fully saturated rings. The van der Waals surface area contributed by atoms with E-state index in [9.17, 15) is 4.79 Å². The van der Waals surface area contributed by atoms with Crippen LogP contribution in [-0.2, 0) is 4.79 Å². The average molecular weight is 295 g/mol. The van der Waals surface area contributed by atoms with Crippen molar-refractivity contribution in [2.75, 3.05) is 0 Å². The molecule has 0 saturated heterocycles. The lowest BCUT2D eigenvalue weighted by atomic mass is 10.0. The molecule has 0 amide bonds. The predicted molar refractivity (Wildman–Crippen MR) is 77.3 cm³/mol. The quantitative estimate of drug-likeness (QED) is 0.597. The molecule has 19 heavy (non-hydrogen) atoms. The molecule has 0 aliphatic rings. The van der Waals surface area contributed by atoms with Crippen molar-refractivity contribution in [3.63, 3.8) is 0 Å². The van der Waals surface area contributed by atoms with Gasteiger partial charge in [-0.05, 0) is 29.8 Å². The van der Waals surface area contributed by atoms with Crippen LogP contribution >= 0.6 is 23.2 Å². The summed E-state index contributed by atoms with van der Waals surface area (Å²) in [5, 5.41) is 0. The molecule has 1 unspecified atom stereocenters. The molecule has 0 aromatic heterocycles. The molecule has 1 atom stereocenters. The standard InChI is InChI=1S/C15H12Cl2O2/c16-15(17)14(10-18)11-6-8-13(9-7-11)19-12-4-2-1-3-5-12/h1-10,14-15H. The Morgan fingerprint density at radius 3 is 2.00 bits per heavy atom. The molecule has 0 radical (unpaired) electrons. The van der Waals surface area contributed by atoms with E-state index in [0.717, 1.165) is 17.6 Å². The number of hydrogen-bond donors (Lipinski definition) is 0. The number of hydrogen-bond acceptors (Lipinski definition) is 2. The van der Waals surface area contributed by atoms with Gasteiger partial charge in [0.1, 0.15) is 22.6 Å². The first-order valence-corrected chi connectivity index (χ1v) is 6.64. The zero-order chi connectivity index (χ0) is 13.7. The minimum absolute atomic E-state index is 0.519. The largest absolute Gasteiger partial charge is 0.457 e. The number of para-hydroxylation sites is 1. The molecule has 0 saturated carbocycles. The van der Waals surface area contributed by atoms with E-state index in [0.29, 0.717) is 5.75 Å². The van der Waals surface area contributed by atoms with Crippen LogP contribution in [0.3, 0.4) is 0 Å².